The van der Waals surface area contributed by atoms with Gasteiger partial charge in [-0.1, -0.05) is 23.7 Å². The predicted octanol–water partition coefficient (Wildman–Crippen LogP) is 2.58. The van der Waals surface area contributed by atoms with Crippen LogP contribution in [0.4, 0.5) is 0 Å². The lowest BCUT2D eigenvalue weighted by Crippen LogP contribution is -2.54. The van der Waals surface area contributed by atoms with Gasteiger partial charge in [0, 0.05) is 12.2 Å². The Labute approximate surface area is 138 Å². The number of nitrogens with one attached hydrogen (secondary N) is 1. The molecule has 2 N–H and O–H groups in total. The lowest BCUT2D eigenvalue weighted by Gasteiger charge is -2.24. The van der Waals surface area contributed by atoms with E-state index >= 15 is 0 Å². The highest BCUT2D eigenvalue weighted by atomic mass is 35.5. The molecule has 0 aliphatic carbocycles. The van der Waals surface area contributed by atoms with Gasteiger partial charge in [0.05, 0.1) is 11.6 Å². The Bertz CT molecular complexity index is 546. The first-order valence-corrected chi connectivity index (χ1v) is 8.56. The van der Waals surface area contributed by atoms with Gasteiger partial charge >= 0.3 is 5.97 Å². The lowest BCUT2D eigenvalue weighted by molar-refractivity contribution is -0.146. The van der Waals surface area contributed by atoms with Crippen molar-refractivity contribution in [2.45, 2.75) is 24.8 Å². The number of para-hydroxylation sites is 1. The van der Waals surface area contributed by atoms with Crippen molar-refractivity contribution in [1.82, 2.24) is 5.32 Å². The maximum atomic E-state index is 11.9. The second kappa shape index (κ2) is 7.74. The van der Waals surface area contributed by atoms with E-state index in [1.165, 1.54) is 0 Å². The summed E-state index contributed by atoms with van der Waals surface area (Å²) in [5, 5.41) is 12.5. The number of carbonyl (C=O) groups excluding carboxylic acids is 1. The van der Waals surface area contributed by atoms with Gasteiger partial charge in [-0.05, 0) is 30.7 Å². The number of aliphatic carboxylic acids is 1. The van der Waals surface area contributed by atoms with Gasteiger partial charge in [-0.15, -0.1) is 0 Å². The fraction of sp³-hybridized carbons (Fsp3) is 0.467. The van der Waals surface area contributed by atoms with E-state index in [-0.39, 0.29) is 12.3 Å². The van der Waals surface area contributed by atoms with E-state index < -0.39 is 11.5 Å². The van der Waals surface area contributed by atoms with Gasteiger partial charge < -0.3 is 15.2 Å². The van der Waals surface area contributed by atoms with Crippen LogP contribution in [0.15, 0.2) is 24.3 Å². The van der Waals surface area contributed by atoms with Gasteiger partial charge in [-0.3, -0.25) is 4.79 Å². The number of thioether (sulfide) groups is 1. The Morgan fingerprint density at radius 1 is 1.41 bits per heavy atom. The van der Waals surface area contributed by atoms with Crippen molar-refractivity contribution < 1.29 is 19.4 Å². The quantitative estimate of drug-likeness (QED) is 0.744. The summed E-state index contributed by atoms with van der Waals surface area (Å²) < 4.78 is 5.50. The predicted molar refractivity (Wildman–Crippen MR) is 86.6 cm³/mol. The average molecular weight is 344 g/mol. The van der Waals surface area contributed by atoms with Gasteiger partial charge in [0.2, 0.25) is 5.91 Å². The Morgan fingerprint density at radius 3 is 2.82 bits per heavy atom. The molecule has 1 aliphatic heterocycles. The molecular weight excluding hydrogens is 326 g/mol. The summed E-state index contributed by atoms with van der Waals surface area (Å²) in [5.74, 6) is 0.538. The van der Waals surface area contributed by atoms with Crippen molar-refractivity contribution in [2.24, 2.45) is 0 Å². The second-order valence-corrected chi connectivity index (χ2v) is 6.63. The zero-order chi connectivity index (χ0) is 16.0. The fourth-order valence-corrected chi connectivity index (χ4v) is 3.71. The molecular formula is C15H18ClNO4S. The standard InChI is InChI=1S/C15H18ClNO4S/c16-11-4-1-2-5-12(11)21-8-3-6-13(18)17-15(14(19)20)7-9-22-10-15/h1-2,4-5H,3,6-10H2,(H,17,18)(H,19,20). The monoisotopic (exact) mass is 343 g/mol. The van der Waals surface area contributed by atoms with Gasteiger partial charge in [0.25, 0.3) is 0 Å². The molecule has 2 rings (SSSR count). The van der Waals surface area contributed by atoms with Crippen LogP contribution in [0.1, 0.15) is 19.3 Å². The van der Waals surface area contributed by atoms with Crippen molar-refractivity contribution in [3.63, 3.8) is 0 Å². The molecule has 1 atom stereocenters. The zero-order valence-electron chi connectivity index (χ0n) is 12.0. The maximum Gasteiger partial charge on any atom is 0.330 e. The zero-order valence-corrected chi connectivity index (χ0v) is 13.6. The van der Waals surface area contributed by atoms with Gasteiger partial charge in [0.1, 0.15) is 11.3 Å². The molecule has 1 aromatic carbocycles. The molecule has 1 heterocycles. The van der Waals surface area contributed by atoms with Crippen LogP contribution in [-0.4, -0.2) is 40.6 Å². The molecule has 1 aromatic rings. The lowest BCUT2D eigenvalue weighted by atomic mass is 9.99. The molecule has 7 heteroatoms. The van der Waals surface area contributed by atoms with Crippen molar-refractivity contribution in [1.29, 1.82) is 0 Å². The molecule has 1 amide bonds. The molecule has 120 valence electrons. The topological polar surface area (TPSA) is 75.6 Å². The molecule has 1 saturated heterocycles. The van der Waals surface area contributed by atoms with Gasteiger partial charge in [0.15, 0.2) is 0 Å². The molecule has 0 radical (unpaired) electrons. The third-order valence-corrected chi connectivity index (χ3v) is 4.95. The highest BCUT2D eigenvalue weighted by Crippen LogP contribution is 2.28. The van der Waals surface area contributed by atoms with Crippen LogP contribution in [0.3, 0.4) is 0 Å². The smallest absolute Gasteiger partial charge is 0.330 e. The minimum atomic E-state index is -1.11. The van der Waals surface area contributed by atoms with Gasteiger partial charge in [-0.2, -0.15) is 11.8 Å². The maximum absolute atomic E-state index is 11.9. The summed E-state index contributed by atoms with van der Waals surface area (Å²) >= 11 is 7.50. The fourth-order valence-electron chi connectivity index (χ4n) is 2.19. The average Bonchev–Trinajstić information content (AvgIpc) is 2.95. The van der Waals surface area contributed by atoms with Crippen LogP contribution in [0.25, 0.3) is 0 Å². The Balaban J connectivity index is 1.74. The van der Waals surface area contributed by atoms with Crippen molar-refractivity contribution >= 4 is 35.2 Å². The van der Waals surface area contributed by atoms with E-state index in [9.17, 15) is 14.7 Å². The first-order chi connectivity index (χ1) is 10.5. The first kappa shape index (κ1) is 17.0. The number of carbonyl (C=O) groups is 2. The van der Waals surface area contributed by atoms with Crippen molar-refractivity contribution in [2.75, 3.05) is 18.1 Å². The third kappa shape index (κ3) is 4.30. The normalized spacial score (nSPS) is 20.6. The van der Waals surface area contributed by atoms with Crippen LogP contribution in [0.2, 0.25) is 5.02 Å². The van der Waals surface area contributed by atoms with E-state index in [2.05, 4.69) is 5.32 Å². The molecule has 0 aromatic heterocycles. The minimum Gasteiger partial charge on any atom is -0.492 e. The van der Waals surface area contributed by atoms with Crippen LogP contribution in [0, 0.1) is 0 Å². The molecule has 0 bridgehead atoms. The number of amides is 1. The van der Waals surface area contributed by atoms with E-state index in [1.54, 1.807) is 23.9 Å². The summed E-state index contributed by atoms with van der Waals surface area (Å²) in [6.07, 6.45) is 1.19. The number of rotatable bonds is 7. The third-order valence-electron chi connectivity index (χ3n) is 3.45. The molecule has 1 unspecified atom stereocenters. The van der Waals surface area contributed by atoms with Crippen LogP contribution in [-0.2, 0) is 9.59 Å². The van der Waals surface area contributed by atoms with Crippen LogP contribution >= 0.6 is 23.4 Å². The highest BCUT2D eigenvalue weighted by molar-refractivity contribution is 7.99. The second-order valence-electron chi connectivity index (χ2n) is 5.12. The number of ether oxygens (including phenoxy) is 1. The van der Waals surface area contributed by atoms with Crippen molar-refractivity contribution in [3.8, 4) is 5.75 Å². The summed E-state index contributed by atoms with van der Waals surface area (Å²) in [7, 11) is 0. The summed E-state index contributed by atoms with van der Waals surface area (Å²) in [6, 6.07) is 7.13. The SMILES string of the molecule is O=C(CCCOc1ccccc1Cl)NC1(C(=O)O)CCSC1. The van der Waals surface area contributed by atoms with Gasteiger partial charge in [-0.25, -0.2) is 4.79 Å². The molecule has 0 spiro atoms. The Morgan fingerprint density at radius 2 is 2.18 bits per heavy atom. The van der Waals surface area contributed by atoms with E-state index in [4.69, 9.17) is 16.3 Å². The van der Waals surface area contributed by atoms with Crippen LogP contribution in [0.5, 0.6) is 5.75 Å². The van der Waals surface area contributed by atoms with E-state index in [0.717, 1.165) is 5.75 Å². The molecule has 0 saturated carbocycles. The molecule has 1 aliphatic rings. The van der Waals surface area contributed by atoms with Crippen molar-refractivity contribution in [3.05, 3.63) is 29.3 Å². The van der Waals surface area contributed by atoms with E-state index in [0.29, 0.717) is 36.0 Å². The summed E-state index contributed by atoms with van der Waals surface area (Å²) in [5.41, 5.74) is -1.11. The largest absolute Gasteiger partial charge is 0.492 e. The number of halogens is 1. The Hall–Kier alpha value is -1.40. The number of carboxylic acid groups (broad SMARTS) is 1. The minimum absolute atomic E-state index is 0.226. The molecule has 22 heavy (non-hydrogen) atoms. The number of carboxylic acids is 1. The highest BCUT2D eigenvalue weighted by Gasteiger charge is 2.43. The number of hydrogen-bond donors (Lipinski definition) is 2. The van der Waals surface area contributed by atoms with E-state index in [1.807, 2.05) is 12.1 Å². The molecule has 5 nitrogen and oxygen atoms in total. The molecule has 1 fully saturated rings. The van der Waals surface area contributed by atoms with Crippen LogP contribution < -0.4 is 10.1 Å². The summed E-state index contributed by atoms with van der Waals surface area (Å²) in [4.78, 5) is 23.3. The Kier molecular flexibility index (Phi) is 5.97. The summed E-state index contributed by atoms with van der Waals surface area (Å²) in [6.45, 7) is 0.353. The number of hydrogen-bond acceptors (Lipinski definition) is 4. The number of benzene rings is 1. The first-order valence-electron chi connectivity index (χ1n) is 7.03.